The molecule has 4 aromatic carbocycles. The van der Waals surface area contributed by atoms with Crippen LogP contribution in [0.3, 0.4) is 0 Å². The molecule has 5 N–H and O–H groups in total. The van der Waals surface area contributed by atoms with Gasteiger partial charge in [0.25, 0.3) is 0 Å². The van der Waals surface area contributed by atoms with Crippen LogP contribution in [-0.2, 0) is 27.5 Å². The molecule has 1 saturated heterocycles. The number of carbonyl (C=O) groups excluding carboxylic acids is 1. The van der Waals surface area contributed by atoms with E-state index in [1.165, 1.54) is 0 Å². The van der Waals surface area contributed by atoms with Gasteiger partial charge in [-0.15, -0.1) is 0 Å². The fraction of sp³-hybridized carbons (Fsp3) is 0.233. The number of ether oxygens (including phenoxy) is 3. The topological polar surface area (TPSA) is 141 Å². The van der Waals surface area contributed by atoms with Crippen molar-refractivity contribution in [2.24, 2.45) is 0 Å². The van der Waals surface area contributed by atoms with Crippen molar-refractivity contribution in [2.45, 2.75) is 37.3 Å². The summed E-state index contributed by atoms with van der Waals surface area (Å²) in [7, 11) is 0. The van der Waals surface area contributed by atoms with Crippen LogP contribution in [0.15, 0.2) is 78.9 Å². The minimum Gasteiger partial charge on any atom is -0.422 e. The molecule has 1 aliphatic rings. The molecule has 0 spiro atoms. The molecule has 1 aliphatic heterocycles. The lowest BCUT2D eigenvalue weighted by atomic mass is 10.0. The summed E-state index contributed by atoms with van der Waals surface area (Å²) in [6.07, 6.45) is -4.62. The summed E-state index contributed by atoms with van der Waals surface area (Å²) in [6, 6.07) is 24.8. The Morgan fingerprint density at radius 1 is 0.949 bits per heavy atom. The third kappa shape index (κ3) is 4.45. The second-order valence-electron chi connectivity index (χ2n) is 9.67. The summed E-state index contributed by atoms with van der Waals surface area (Å²) in [6.45, 7) is -1.38. The van der Waals surface area contributed by atoms with Gasteiger partial charge < -0.3 is 39.6 Å². The van der Waals surface area contributed by atoms with Crippen molar-refractivity contribution in [2.75, 3.05) is 6.61 Å². The number of rotatable bonds is 7. The Kier molecular flexibility index (Phi) is 6.56. The molecule has 0 amide bonds. The minimum absolute atomic E-state index is 0.0178. The lowest BCUT2D eigenvalue weighted by molar-refractivity contribution is -0.246. The molecule has 6 rings (SSSR count). The Morgan fingerprint density at radius 2 is 1.67 bits per heavy atom. The first-order valence-electron chi connectivity index (χ1n) is 12.5. The van der Waals surface area contributed by atoms with Gasteiger partial charge in [0, 0.05) is 0 Å². The van der Waals surface area contributed by atoms with E-state index in [0.29, 0.717) is 10.9 Å². The first-order valence-corrected chi connectivity index (χ1v) is 12.5. The minimum atomic E-state index is -2.42. The second-order valence-corrected chi connectivity index (χ2v) is 9.67. The zero-order valence-corrected chi connectivity index (χ0v) is 20.8. The molecule has 39 heavy (non-hydrogen) atoms. The largest absolute Gasteiger partial charge is 0.422 e. The lowest BCUT2D eigenvalue weighted by Crippen LogP contribution is -2.46. The van der Waals surface area contributed by atoms with E-state index < -0.39 is 43.3 Å². The maximum absolute atomic E-state index is 13.5. The smallest absolute Gasteiger partial charge is 0.343 e. The average molecular weight is 530 g/mol. The Morgan fingerprint density at radius 3 is 2.38 bits per heavy atom. The van der Waals surface area contributed by atoms with Crippen LogP contribution in [-0.4, -0.2) is 62.1 Å². The number of aliphatic hydroxyl groups excluding tert-OH is 3. The third-order valence-corrected chi connectivity index (χ3v) is 7.18. The van der Waals surface area contributed by atoms with Gasteiger partial charge in [-0.25, -0.2) is 4.79 Å². The fourth-order valence-electron chi connectivity index (χ4n) is 5.15. The van der Waals surface area contributed by atoms with Crippen LogP contribution in [0.2, 0.25) is 0 Å². The van der Waals surface area contributed by atoms with E-state index in [-0.39, 0.29) is 18.1 Å². The van der Waals surface area contributed by atoms with Crippen molar-refractivity contribution in [1.82, 2.24) is 4.98 Å². The van der Waals surface area contributed by atoms with E-state index in [9.17, 15) is 25.2 Å². The Bertz CT molecular complexity index is 1670. The van der Waals surface area contributed by atoms with Gasteiger partial charge in [0.05, 0.1) is 36.4 Å². The summed E-state index contributed by atoms with van der Waals surface area (Å²) in [5.41, 5.74) is 1.70. The van der Waals surface area contributed by atoms with Crippen LogP contribution < -0.4 is 4.74 Å². The molecule has 0 saturated carbocycles. The summed E-state index contributed by atoms with van der Waals surface area (Å²) in [4.78, 5) is 16.6. The van der Waals surface area contributed by atoms with E-state index in [1.807, 2.05) is 78.9 Å². The summed E-state index contributed by atoms with van der Waals surface area (Å²) in [5.74, 6) is -3.26. The lowest BCUT2D eigenvalue weighted by Gasteiger charge is -2.23. The molecule has 0 aliphatic carbocycles. The molecule has 0 bridgehead atoms. The highest BCUT2D eigenvalue weighted by atomic mass is 16.7. The van der Waals surface area contributed by atoms with E-state index in [0.717, 1.165) is 27.1 Å². The maximum atomic E-state index is 13.5. The van der Waals surface area contributed by atoms with Gasteiger partial charge in [-0.3, -0.25) is 0 Å². The first kappa shape index (κ1) is 25.4. The van der Waals surface area contributed by atoms with Crippen molar-refractivity contribution in [1.29, 1.82) is 0 Å². The zero-order chi connectivity index (χ0) is 27.1. The van der Waals surface area contributed by atoms with Crippen molar-refractivity contribution < 1.29 is 39.4 Å². The van der Waals surface area contributed by atoms with Gasteiger partial charge in [-0.1, -0.05) is 60.7 Å². The molecule has 1 fully saturated rings. The fourth-order valence-corrected chi connectivity index (χ4v) is 5.15. The summed E-state index contributed by atoms with van der Waals surface area (Å²) in [5, 5.41) is 45.5. The maximum Gasteiger partial charge on any atom is 0.343 e. The quantitative estimate of drug-likeness (QED) is 0.160. The van der Waals surface area contributed by atoms with Gasteiger partial charge in [0.15, 0.2) is 11.9 Å². The number of benzene rings is 4. The van der Waals surface area contributed by atoms with Crippen molar-refractivity contribution >= 4 is 38.4 Å². The number of aromatic amines is 1. The Hall–Kier alpha value is -3.83. The van der Waals surface area contributed by atoms with Gasteiger partial charge in [0.2, 0.25) is 5.79 Å². The summed E-state index contributed by atoms with van der Waals surface area (Å²) < 4.78 is 17.1. The monoisotopic (exact) mass is 529 g/mol. The zero-order valence-electron chi connectivity index (χ0n) is 20.8. The Balaban J connectivity index is 1.38. The van der Waals surface area contributed by atoms with Crippen LogP contribution in [0.25, 0.3) is 32.4 Å². The number of aromatic nitrogens is 1. The molecule has 200 valence electrons. The standard InChI is InChI=1S/C30H27NO8/c32-14-23-25(24-21-13-19-9-5-4-8-18(19)12-20(21)10-11-22(24)31-23)38-29(35)27-26(28(34)30(36,16-33)39-27)37-15-17-6-2-1-3-7-17/h1-13,26-28,31-34,36H,14-16H2. The summed E-state index contributed by atoms with van der Waals surface area (Å²) >= 11 is 0. The van der Waals surface area contributed by atoms with Gasteiger partial charge >= 0.3 is 5.97 Å². The van der Waals surface area contributed by atoms with Gasteiger partial charge in [0.1, 0.15) is 12.2 Å². The normalized spacial score (nSPS) is 23.1. The molecule has 4 unspecified atom stereocenters. The molecule has 9 heteroatoms. The first-order chi connectivity index (χ1) is 18.9. The SMILES string of the molecule is O=C(Oc1c(CO)[nH]c2ccc3cc4ccccc4cc3c12)C1OC(O)(CO)C(O)C1OCc1ccccc1. The van der Waals surface area contributed by atoms with E-state index >= 15 is 0 Å². The highest BCUT2D eigenvalue weighted by Crippen LogP contribution is 2.39. The molecule has 2 heterocycles. The highest BCUT2D eigenvalue weighted by molar-refractivity contribution is 6.14. The van der Waals surface area contributed by atoms with Crippen LogP contribution in [0.1, 0.15) is 11.3 Å². The van der Waals surface area contributed by atoms with E-state index in [2.05, 4.69) is 4.98 Å². The number of carbonyl (C=O) groups is 1. The number of H-pyrrole nitrogens is 1. The van der Waals surface area contributed by atoms with Crippen molar-refractivity contribution in [3.8, 4) is 5.75 Å². The number of esters is 1. The van der Waals surface area contributed by atoms with Crippen LogP contribution in [0.4, 0.5) is 0 Å². The number of hydrogen-bond acceptors (Lipinski definition) is 8. The van der Waals surface area contributed by atoms with Gasteiger partial charge in [-0.05, 0) is 45.3 Å². The van der Waals surface area contributed by atoms with Crippen LogP contribution in [0, 0.1) is 0 Å². The molecule has 4 atom stereocenters. The van der Waals surface area contributed by atoms with E-state index in [4.69, 9.17) is 14.2 Å². The number of hydrogen-bond donors (Lipinski definition) is 5. The number of aliphatic hydroxyl groups is 4. The molecular weight excluding hydrogens is 502 g/mol. The third-order valence-electron chi connectivity index (χ3n) is 7.18. The highest BCUT2D eigenvalue weighted by Gasteiger charge is 2.57. The van der Waals surface area contributed by atoms with Crippen molar-refractivity contribution in [3.63, 3.8) is 0 Å². The van der Waals surface area contributed by atoms with E-state index in [1.54, 1.807) is 0 Å². The molecular formula is C30H27NO8. The van der Waals surface area contributed by atoms with Gasteiger partial charge in [-0.2, -0.15) is 0 Å². The average Bonchev–Trinajstić information content (AvgIpc) is 3.45. The van der Waals surface area contributed by atoms with Crippen LogP contribution >= 0.6 is 0 Å². The molecule has 0 radical (unpaired) electrons. The number of nitrogens with one attached hydrogen (secondary N) is 1. The van der Waals surface area contributed by atoms with Crippen molar-refractivity contribution in [3.05, 3.63) is 90.1 Å². The predicted molar refractivity (Wildman–Crippen MR) is 143 cm³/mol. The Labute approximate surface area is 222 Å². The second kappa shape index (κ2) is 10.0. The van der Waals surface area contributed by atoms with Crippen LogP contribution in [0.5, 0.6) is 5.75 Å². The predicted octanol–water partition coefficient (Wildman–Crippen LogP) is 2.90. The molecule has 1 aromatic heterocycles. The number of fused-ring (bicyclic) bond motifs is 4. The molecule has 9 nitrogen and oxygen atoms in total. The molecule has 5 aromatic rings.